The third-order valence-electron chi connectivity index (χ3n) is 4.13. The summed E-state index contributed by atoms with van der Waals surface area (Å²) in [5.41, 5.74) is 1.39. The Morgan fingerprint density at radius 2 is 1.74 bits per heavy atom. The van der Waals surface area contributed by atoms with Gasteiger partial charge in [0.1, 0.15) is 4.90 Å². The van der Waals surface area contributed by atoms with E-state index in [0.717, 1.165) is 15.8 Å². The lowest BCUT2D eigenvalue weighted by atomic mass is 10.2. The van der Waals surface area contributed by atoms with Crippen LogP contribution in [0.15, 0.2) is 59.5 Å². The van der Waals surface area contributed by atoms with Crippen molar-refractivity contribution >= 4 is 33.6 Å². The highest BCUT2D eigenvalue weighted by atomic mass is 32.2. The van der Waals surface area contributed by atoms with E-state index in [9.17, 15) is 18.0 Å². The van der Waals surface area contributed by atoms with Gasteiger partial charge in [0.25, 0.3) is 15.9 Å². The van der Waals surface area contributed by atoms with Crippen LogP contribution in [0.25, 0.3) is 0 Å². The van der Waals surface area contributed by atoms with Crippen LogP contribution in [0.5, 0.6) is 0 Å². The SMILES string of the molecule is O=C(CCN1C(=O)c2ccccc2S1(=O)=O)NCCSCc1ccccc1. The number of benzene rings is 2. The van der Waals surface area contributed by atoms with Gasteiger partial charge in [-0.15, -0.1) is 0 Å². The molecular formula is C19H20N2O4S2. The first-order valence-electron chi connectivity index (χ1n) is 8.54. The second-order valence-electron chi connectivity index (χ2n) is 6.02. The third-order valence-corrected chi connectivity index (χ3v) is 7.00. The van der Waals surface area contributed by atoms with Crippen LogP contribution < -0.4 is 5.32 Å². The average molecular weight is 405 g/mol. The fraction of sp³-hybridized carbons (Fsp3) is 0.263. The molecular weight excluding hydrogens is 384 g/mol. The van der Waals surface area contributed by atoms with Crippen LogP contribution >= 0.6 is 11.8 Å². The van der Waals surface area contributed by atoms with E-state index in [0.29, 0.717) is 6.54 Å². The van der Waals surface area contributed by atoms with E-state index in [4.69, 9.17) is 0 Å². The van der Waals surface area contributed by atoms with Crippen molar-refractivity contribution in [2.24, 2.45) is 0 Å². The van der Waals surface area contributed by atoms with E-state index in [-0.39, 0.29) is 29.3 Å². The van der Waals surface area contributed by atoms with Crippen molar-refractivity contribution in [3.05, 3.63) is 65.7 Å². The number of carbonyl (C=O) groups is 2. The van der Waals surface area contributed by atoms with Crippen LogP contribution in [0.3, 0.4) is 0 Å². The Morgan fingerprint density at radius 1 is 1.04 bits per heavy atom. The van der Waals surface area contributed by atoms with E-state index in [2.05, 4.69) is 17.4 Å². The largest absolute Gasteiger partial charge is 0.355 e. The van der Waals surface area contributed by atoms with Crippen LogP contribution in [0.4, 0.5) is 0 Å². The van der Waals surface area contributed by atoms with E-state index in [1.165, 1.54) is 17.7 Å². The van der Waals surface area contributed by atoms with Gasteiger partial charge in [0.2, 0.25) is 5.91 Å². The topological polar surface area (TPSA) is 83.6 Å². The highest BCUT2D eigenvalue weighted by Crippen LogP contribution is 2.29. The van der Waals surface area contributed by atoms with Crippen molar-refractivity contribution in [2.75, 3.05) is 18.8 Å². The first kappa shape index (κ1) is 19.4. The van der Waals surface area contributed by atoms with Crippen LogP contribution in [0, 0.1) is 0 Å². The van der Waals surface area contributed by atoms with Gasteiger partial charge in [-0.2, -0.15) is 11.8 Å². The van der Waals surface area contributed by atoms with Gasteiger partial charge in [-0.3, -0.25) is 9.59 Å². The summed E-state index contributed by atoms with van der Waals surface area (Å²) in [6.07, 6.45) is -0.0533. The summed E-state index contributed by atoms with van der Waals surface area (Å²) in [4.78, 5) is 24.2. The van der Waals surface area contributed by atoms with Crippen LogP contribution in [0.2, 0.25) is 0 Å². The van der Waals surface area contributed by atoms with Gasteiger partial charge in [0.05, 0.1) is 5.56 Å². The Hall–Kier alpha value is -2.32. The number of sulfonamides is 1. The molecule has 0 aromatic heterocycles. The molecule has 2 aromatic rings. The molecule has 3 rings (SSSR count). The number of nitrogens with zero attached hydrogens (tertiary/aromatic N) is 1. The highest BCUT2D eigenvalue weighted by Gasteiger charge is 2.40. The molecule has 1 heterocycles. The molecule has 2 aromatic carbocycles. The summed E-state index contributed by atoms with van der Waals surface area (Å²) >= 11 is 1.71. The molecule has 0 atom stereocenters. The summed E-state index contributed by atoms with van der Waals surface area (Å²) in [5, 5.41) is 2.76. The second-order valence-corrected chi connectivity index (χ2v) is 8.95. The van der Waals surface area contributed by atoms with Crippen molar-refractivity contribution in [1.82, 2.24) is 9.62 Å². The van der Waals surface area contributed by atoms with Gasteiger partial charge in [-0.1, -0.05) is 42.5 Å². The molecule has 142 valence electrons. The van der Waals surface area contributed by atoms with E-state index >= 15 is 0 Å². The number of rotatable bonds is 8. The first-order chi connectivity index (χ1) is 13.0. The predicted molar refractivity (Wildman–Crippen MR) is 105 cm³/mol. The zero-order valence-corrected chi connectivity index (χ0v) is 16.3. The fourth-order valence-electron chi connectivity index (χ4n) is 2.77. The Morgan fingerprint density at radius 3 is 2.48 bits per heavy atom. The fourth-order valence-corrected chi connectivity index (χ4v) is 5.16. The number of carbonyl (C=O) groups excluding carboxylic acids is 2. The molecule has 27 heavy (non-hydrogen) atoms. The molecule has 0 radical (unpaired) electrons. The van der Waals surface area contributed by atoms with Gasteiger partial charge in [-0.25, -0.2) is 12.7 Å². The van der Waals surface area contributed by atoms with Crippen LogP contribution in [-0.4, -0.2) is 43.4 Å². The molecule has 0 saturated heterocycles. The summed E-state index contributed by atoms with van der Waals surface area (Å²) in [6.45, 7) is 0.343. The third kappa shape index (κ3) is 4.51. The number of amides is 2. The number of nitrogens with one attached hydrogen (secondary N) is 1. The summed E-state index contributed by atoms with van der Waals surface area (Å²) in [7, 11) is -3.85. The lowest BCUT2D eigenvalue weighted by Gasteiger charge is -2.14. The number of hydrogen-bond acceptors (Lipinski definition) is 5. The Balaban J connectivity index is 1.41. The van der Waals surface area contributed by atoms with Crippen molar-refractivity contribution in [2.45, 2.75) is 17.1 Å². The van der Waals surface area contributed by atoms with Gasteiger partial charge in [-0.05, 0) is 17.7 Å². The van der Waals surface area contributed by atoms with Crippen molar-refractivity contribution in [3.63, 3.8) is 0 Å². The maximum Gasteiger partial charge on any atom is 0.269 e. The predicted octanol–water partition coefficient (Wildman–Crippen LogP) is 2.27. The van der Waals surface area contributed by atoms with E-state index < -0.39 is 15.9 Å². The molecule has 0 aliphatic carbocycles. The number of hydrogen-bond donors (Lipinski definition) is 1. The molecule has 0 spiro atoms. The minimum absolute atomic E-state index is 0.00715. The molecule has 0 fully saturated rings. The monoisotopic (exact) mass is 404 g/mol. The standard InChI is InChI=1S/C19H20N2O4S2/c22-18(20-11-13-26-14-15-6-2-1-3-7-15)10-12-21-19(23)16-8-4-5-9-17(16)27(21,24)25/h1-9H,10-14H2,(H,20,22). The first-order valence-corrected chi connectivity index (χ1v) is 11.1. The van der Waals surface area contributed by atoms with Gasteiger partial charge in [0.15, 0.2) is 0 Å². The minimum Gasteiger partial charge on any atom is -0.355 e. The van der Waals surface area contributed by atoms with Crippen molar-refractivity contribution in [3.8, 4) is 0 Å². The van der Waals surface area contributed by atoms with E-state index in [1.54, 1.807) is 23.9 Å². The Labute approximate surface area is 163 Å². The molecule has 0 bridgehead atoms. The maximum absolute atomic E-state index is 12.4. The molecule has 2 amide bonds. The Bertz CT molecular complexity index is 930. The molecule has 1 aliphatic heterocycles. The lowest BCUT2D eigenvalue weighted by Crippen LogP contribution is -2.35. The normalized spacial score (nSPS) is 14.8. The summed E-state index contributed by atoms with van der Waals surface area (Å²) in [5.74, 6) is 0.786. The average Bonchev–Trinajstić information content (AvgIpc) is 2.87. The van der Waals surface area contributed by atoms with Gasteiger partial charge < -0.3 is 5.32 Å². The lowest BCUT2D eigenvalue weighted by molar-refractivity contribution is -0.120. The molecule has 8 heteroatoms. The molecule has 1 N–H and O–H groups in total. The highest BCUT2D eigenvalue weighted by molar-refractivity contribution is 7.98. The molecule has 0 saturated carbocycles. The van der Waals surface area contributed by atoms with Gasteiger partial charge >= 0.3 is 0 Å². The molecule has 0 unspecified atom stereocenters. The smallest absolute Gasteiger partial charge is 0.269 e. The van der Waals surface area contributed by atoms with Gasteiger partial charge in [0, 0.05) is 31.0 Å². The van der Waals surface area contributed by atoms with Crippen molar-refractivity contribution < 1.29 is 18.0 Å². The number of fused-ring (bicyclic) bond motifs is 1. The maximum atomic E-state index is 12.4. The second kappa shape index (κ2) is 8.58. The Kier molecular flexibility index (Phi) is 6.18. The molecule has 6 nitrogen and oxygen atoms in total. The van der Waals surface area contributed by atoms with Crippen molar-refractivity contribution in [1.29, 1.82) is 0 Å². The summed E-state index contributed by atoms with van der Waals surface area (Å²) in [6, 6.07) is 16.1. The number of thioether (sulfide) groups is 1. The van der Waals surface area contributed by atoms with E-state index in [1.807, 2.05) is 18.2 Å². The van der Waals surface area contributed by atoms with Crippen LogP contribution in [-0.2, 0) is 20.6 Å². The van der Waals surface area contributed by atoms with Crippen LogP contribution in [0.1, 0.15) is 22.3 Å². The zero-order valence-electron chi connectivity index (χ0n) is 14.6. The molecule has 1 aliphatic rings. The quantitative estimate of drug-likeness (QED) is 0.683. The zero-order chi connectivity index (χ0) is 19.3. The summed E-state index contributed by atoms with van der Waals surface area (Å²) < 4.78 is 25.6. The minimum atomic E-state index is -3.85.